The summed E-state index contributed by atoms with van der Waals surface area (Å²) in [5.41, 5.74) is 4.01. The molecule has 0 radical (unpaired) electrons. The van der Waals surface area contributed by atoms with Crippen LogP contribution in [0, 0.1) is 0 Å². The molecule has 18 heavy (non-hydrogen) atoms. The van der Waals surface area contributed by atoms with E-state index in [2.05, 4.69) is 59.9 Å². The van der Waals surface area contributed by atoms with Crippen LogP contribution in [0.5, 0.6) is 0 Å². The van der Waals surface area contributed by atoms with Crippen LogP contribution in [0.4, 0.5) is 0 Å². The summed E-state index contributed by atoms with van der Waals surface area (Å²) in [5, 5.41) is 3.55. The third-order valence-electron chi connectivity index (χ3n) is 3.49. The average molecular weight is 237 g/mol. The monoisotopic (exact) mass is 237 g/mol. The fourth-order valence-corrected chi connectivity index (χ4v) is 2.20. The van der Waals surface area contributed by atoms with Gasteiger partial charge in [-0.25, -0.2) is 0 Å². The van der Waals surface area contributed by atoms with Crippen molar-refractivity contribution in [3.8, 4) is 11.1 Å². The summed E-state index contributed by atoms with van der Waals surface area (Å²) in [6, 6.07) is 20.3. The van der Waals surface area contributed by atoms with Crippen LogP contribution in [0.15, 0.2) is 54.6 Å². The Labute approximate surface area is 109 Å². The summed E-state index contributed by atoms with van der Waals surface area (Å²) >= 11 is 0. The molecule has 2 aromatic rings. The minimum Gasteiger partial charge on any atom is -0.314 e. The van der Waals surface area contributed by atoms with E-state index < -0.39 is 0 Å². The van der Waals surface area contributed by atoms with Gasteiger partial charge in [-0.15, -0.1) is 0 Å². The molecule has 0 bridgehead atoms. The second kappa shape index (κ2) is 5.36. The van der Waals surface area contributed by atoms with Crippen LogP contribution in [-0.2, 0) is 6.42 Å². The van der Waals surface area contributed by atoms with E-state index in [0.717, 1.165) is 19.0 Å². The number of nitrogens with one attached hydrogen (secondary N) is 1. The molecule has 0 saturated heterocycles. The molecule has 1 saturated carbocycles. The van der Waals surface area contributed by atoms with Gasteiger partial charge in [-0.05, 0) is 42.5 Å². The van der Waals surface area contributed by atoms with Crippen LogP contribution in [-0.4, -0.2) is 12.6 Å². The zero-order chi connectivity index (χ0) is 12.2. The zero-order valence-corrected chi connectivity index (χ0v) is 10.6. The third kappa shape index (κ3) is 2.99. The fraction of sp³-hybridized carbons (Fsp3) is 0.294. The summed E-state index contributed by atoms with van der Waals surface area (Å²) in [7, 11) is 0. The van der Waals surface area contributed by atoms with E-state index in [1.165, 1.54) is 29.5 Å². The molecule has 0 unspecified atom stereocenters. The number of benzene rings is 2. The van der Waals surface area contributed by atoms with Crippen molar-refractivity contribution in [2.75, 3.05) is 6.54 Å². The van der Waals surface area contributed by atoms with Gasteiger partial charge >= 0.3 is 0 Å². The van der Waals surface area contributed by atoms with E-state index in [0.29, 0.717) is 0 Å². The molecule has 3 rings (SSSR count). The second-order valence-electron chi connectivity index (χ2n) is 5.04. The highest BCUT2D eigenvalue weighted by molar-refractivity contribution is 5.63. The van der Waals surface area contributed by atoms with Crippen molar-refractivity contribution in [2.24, 2.45) is 0 Å². The predicted molar refractivity (Wildman–Crippen MR) is 76.6 cm³/mol. The fourth-order valence-electron chi connectivity index (χ4n) is 2.20. The molecule has 92 valence electrons. The quantitative estimate of drug-likeness (QED) is 0.837. The maximum atomic E-state index is 3.55. The molecule has 1 fully saturated rings. The van der Waals surface area contributed by atoms with Gasteiger partial charge in [-0.2, -0.15) is 0 Å². The first-order chi connectivity index (χ1) is 8.92. The normalized spacial score (nSPS) is 14.7. The van der Waals surface area contributed by atoms with Gasteiger partial charge in [0.2, 0.25) is 0 Å². The minimum atomic E-state index is 0.814. The Morgan fingerprint density at radius 3 is 2.17 bits per heavy atom. The third-order valence-corrected chi connectivity index (χ3v) is 3.49. The van der Waals surface area contributed by atoms with Crippen LogP contribution >= 0.6 is 0 Å². The lowest BCUT2D eigenvalue weighted by molar-refractivity contribution is 0.682. The molecular weight excluding hydrogens is 218 g/mol. The first-order valence-electron chi connectivity index (χ1n) is 6.79. The molecule has 1 aliphatic rings. The first kappa shape index (κ1) is 11.5. The maximum absolute atomic E-state index is 3.55. The van der Waals surface area contributed by atoms with Crippen LogP contribution in [0.3, 0.4) is 0 Å². The molecule has 0 aliphatic heterocycles. The van der Waals surface area contributed by atoms with E-state index in [-0.39, 0.29) is 0 Å². The van der Waals surface area contributed by atoms with Gasteiger partial charge in [-0.1, -0.05) is 54.6 Å². The van der Waals surface area contributed by atoms with Crippen LogP contribution in [0.1, 0.15) is 18.4 Å². The number of hydrogen-bond acceptors (Lipinski definition) is 1. The summed E-state index contributed by atoms with van der Waals surface area (Å²) in [6.45, 7) is 1.11. The lowest BCUT2D eigenvalue weighted by Gasteiger charge is -2.05. The van der Waals surface area contributed by atoms with E-state index in [9.17, 15) is 0 Å². The smallest absolute Gasteiger partial charge is 0.00683 e. The van der Waals surface area contributed by atoms with E-state index in [1.54, 1.807) is 0 Å². The standard InChI is InChI=1S/C17H19N/c1-2-4-15(5-3-1)16-8-6-14(7-9-16)12-13-18-17-10-11-17/h1-9,17-18H,10-13H2. The van der Waals surface area contributed by atoms with Gasteiger partial charge in [0.15, 0.2) is 0 Å². The van der Waals surface area contributed by atoms with Crippen molar-refractivity contribution in [2.45, 2.75) is 25.3 Å². The summed E-state index contributed by atoms with van der Waals surface area (Å²) in [6.07, 6.45) is 3.87. The lowest BCUT2D eigenvalue weighted by Crippen LogP contribution is -2.19. The molecule has 0 amide bonds. The van der Waals surface area contributed by atoms with Crippen molar-refractivity contribution < 1.29 is 0 Å². The molecule has 1 N–H and O–H groups in total. The van der Waals surface area contributed by atoms with Crippen molar-refractivity contribution in [1.29, 1.82) is 0 Å². The van der Waals surface area contributed by atoms with Crippen molar-refractivity contribution in [3.05, 3.63) is 60.2 Å². The van der Waals surface area contributed by atoms with Crippen LogP contribution < -0.4 is 5.32 Å². The van der Waals surface area contributed by atoms with Gasteiger partial charge in [0.1, 0.15) is 0 Å². The van der Waals surface area contributed by atoms with Crippen LogP contribution in [0.2, 0.25) is 0 Å². The summed E-state index contributed by atoms with van der Waals surface area (Å²) in [4.78, 5) is 0. The topological polar surface area (TPSA) is 12.0 Å². The lowest BCUT2D eigenvalue weighted by atomic mass is 10.0. The van der Waals surface area contributed by atoms with Gasteiger partial charge in [0.05, 0.1) is 0 Å². The number of hydrogen-bond donors (Lipinski definition) is 1. The van der Waals surface area contributed by atoms with E-state index >= 15 is 0 Å². The highest BCUT2D eigenvalue weighted by Crippen LogP contribution is 2.20. The Bertz CT molecular complexity index is 483. The molecule has 1 heteroatoms. The molecule has 0 heterocycles. The predicted octanol–water partition coefficient (Wildman–Crippen LogP) is 3.65. The SMILES string of the molecule is c1ccc(-c2ccc(CCNC3CC3)cc2)cc1. The van der Waals surface area contributed by atoms with Crippen molar-refractivity contribution in [1.82, 2.24) is 5.32 Å². The molecule has 0 atom stereocenters. The highest BCUT2D eigenvalue weighted by atomic mass is 14.9. The molecule has 2 aromatic carbocycles. The Morgan fingerprint density at radius 1 is 0.833 bits per heavy atom. The van der Waals surface area contributed by atoms with Crippen molar-refractivity contribution >= 4 is 0 Å². The van der Waals surface area contributed by atoms with E-state index in [1.807, 2.05) is 0 Å². The average Bonchev–Trinajstić information content (AvgIpc) is 3.25. The van der Waals surface area contributed by atoms with Gasteiger partial charge < -0.3 is 5.32 Å². The number of rotatable bonds is 5. The summed E-state index contributed by atoms with van der Waals surface area (Å²) in [5.74, 6) is 0. The Hall–Kier alpha value is -1.60. The highest BCUT2D eigenvalue weighted by Gasteiger charge is 2.19. The maximum Gasteiger partial charge on any atom is 0.00683 e. The second-order valence-corrected chi connectivity index (χ2v) is 5.04. The van der Waals surface area contributed by atoms with Gasteiger partial charge in [0.25, 0.3) is 0 Å². The van der Waals surface area contributed by atoms with Gasteiger partial charge in [-0.3, -0.25) is 0 Å². The zero-order valence-electron chi connectivity index (χ0n) is 10.6. The van der Waals surface area contributed by atoms with E-state index in [4.69, 9.17) is 0 Å². The largest absolute Gasteiger partial charge is 0.314 e. The Kier molecular flexibility index (Phi) is 3.42. The molecule has 1 aliphatic carbocycles. The Morgan fingerprint density at radius 2 is 1.50 bits per heavy atom. The molecule has 1 nitrogen and oxygen atoms in total. The molecule has 0 spiro atoms. The summed E-state index contributed by atoms with van der Waals surface area (Å²) < 4.78 is 0. The first-order valence-corrected chi connectivity index (χ1v) is 6.79. The van der Waals surface area contributed by atoms with Crippen LogP contribution in [0.25, 0.3) is 11.1 Å². The molecular formula is C17H19N. The minimum absolute atomic E-state index is 0.814. The molecule has 0 aromatic heterocycles. The van der Waals surface area contributed by atoms with Crippen molar-refractivity contribution in [3.63, 3.8) is 0 Å². The Balaban J connectivity index is 1.61. The van der Waals surface area contributed by atoms with Gasteiger partial charge in [0, 0.05) is 6.04 Å².